The number of amides is 1. The van der Waals surface area contributed by atoms with Gasteiger partial charge in [-0.25, -0.2) is 17.7 Å². The number of sulfonamides is 1. The van der Waals surface area contributed by atoms with Gasteiger partial charge in [0.1, 0.15) is 6.33 Å². The van der Waals surface area contributed by atoms with E-state index in [0.29, 0.717) is 25.1 Å². The number of H-pyrrole nitrogens is 1. The van der Waals surface area contributed by atoms with Crippen LogP contribution in [0.5, 0.6) is 0 Å². The van der Waals surface area contributed by atoms with E-state index in [2.05, 4.69) is 20.5 Å². The van der Waals surface area contributed by atoms with E-state index in [1.807, 2.05) is 0 Å². The van der Waals surface area contributed by atoms with Crippen molar-refractivity contribution >= 4 is 27.7 Å². The average Bonchev–Trinajstić information content (AvgIpc) is 3.10. The van der Waals surface area contributed by atoms with E-state index in [0.717, 1.165) is 10.7 Å². The molecule has 136 valence electrons. The van der Waals surface area contributed by atoms with E-state index in [1.165, 1.54) is 36.5 Å². The summed E-state index contributed by atoms with van der Waals surface area (Å²) in [6.07, 6.45) is 2.35. The normalized spacial score (nSPS) is 11.6. The Morgan fingerprint density at radius 1 is 1.28 bits per heavy atom. The van der Waals surface area contributed by atoms with Gasteiger partial charge in [-0.3, -0.25) is 9.89 Å². The topological polar surface area (TPSA) is 108 Å². The zero-order chi connectivity index (χ0) is 18.3. The van der Waals surface area contributed by atoms with Crippen LogP contribution < -0.4 is 5.32 Å². The first-order chi connectivity index (χ1) is 11.9. The second-order valence-electron chi connectivity index (χ2n) is 5.42. The van der Waals surface area contributed by atoms with Crippen LogP contribution in [0.3, 0.4) is 0 Å². The predicted octanol–water partition coefficient (Wildman–Crippen LogP) is 0.896. The molecule has 2 N–H and O–H groups in total. The summed E-state index contributed by atoms with van der Waals surface area (Å²) in [5.41, 5.74) is 0.920. The number of aromatic nitrogens is 3. The van der Waals surface area contributed by atoms with Crippen LogP contribution in [0.1, 0.15) is 12.0 Å². The molecule has 10 heteroatoms. The molecule has 2 rings (SSSR count). The summed E-state index contributed by atoms with van der Waals surface area (Å²) < 4.78 is 25.2. The molecule has 0 unspecified atom stereocenters. The van der Waals surface area contributed by atoms with E-state index >= 15 is 0 Å². The average molecular weight is 383 g/mol. The summed E-state index contributed by atoms with van der Waals surface area (Å²) in [5.74, 6) is 0.668. The number of aryl methyl sites for hydroxylation is 1. The number of hydrogen-bond acceptors (Lipinski definition) is 6. The van der Waals surface area contributed by atoms with Crippen molar-refractivity contribution in [1.82, 2.24) is 24.8 Å². The van der Waals surface area contributed by atoms with Crippen molar-refractivity contribution in [2.45, 2.75) is 22.9 Å². The molecule has 1 heterocycles. The van der Waals surface area contributed by atoms with Crippen molar-refractivity contribution in [3.8, 4) is 0 Å². The number of nitrogens with zero attached hydrogens (tertiary/aromatic N) is 3. The maximum absolute atomic E-state index is 12.0. The molecule has 25 heavy (non-hydrogen) atoms. The zero-order valence-corrected chi connectivity index (χ0v) is 15.7. The zero-order valence-electron chi connectivity index (χ0n) is 14.1. The van der Waals surface area contributed by atoms with Gasteiger partial charge >= 0.3 is 0 Å². The lowest BCUT2D eigenvalue weighted by Crippen LogP contribution is -2.26. The van der Waals surface area contributed by atoms with Gasteiger partial charge in [0.05, 0.1) is 4.90 Å². The van der Waals surface area contributed by atoms with Crippen LogP contribution in [0.15, 0.2) is 40.6 Å². The highest BCUT2D eigenvalue weighted by Gasteiger charge is 2.16. The fourth-order valence-corrected chi connectivity index (χ4v) is 3.53. The van der Waals surface area contributed by atoms with Crippen LogP contribution in [-0.4, -0.2) is 60.2 Å². The van der Waals surface area contributed by atoms with E-state index in [1.54, 1.807) is 24.3 Å². The number of benzene rings is 1. The Labute approximate surface area is 151 Å². The van der Waals surface area contributed by atoms with Crippen molar-refractivity contribution in [2.24, 2.45) is 0 Å². The molecule has 0 aliphatic heterocycles. The van der Waals surface area contributed by atoms with E-state index < -0.39 is 10.0 Å². The molecule has 0 radical (unpaired) electrons. The van der Waals surface area contributed by atoms with Crippen LogP contribution in [-0.2, 0) is 21.2 Å². The molecule has 1 aromatic heterocycles. The number of hydrogen-bond donors (Lipinski definition) is 2. The highest BCUT2D eigenvalue weighted by molar-refractivity contribution is 7.99. The Bertz CT molecular complexity index is 774. The molecule has 0 bridgehead atoms. The van der Waals surface area contributed by atoms with Crippen LogP contribution in [0.25, 0.3) is 0 Å². The van der Waals surface area contributed by atoms with Gasteiger partial charge in [-0.1, -0.05) is 23.9 Å². The summed E-state index contributed by atoms with van der Waals surface area (Å²) >= 11 is 1.48. The number of nitrogens with one attached hydrogen (secondary N) is 2. The fourth-order valence-electron chi connectivity index (χ4n) is 1.99. The van der Waals surface area contributed by atoms with Crippen LogP contribution in [0.2, 0.25) is 0 Å². The van der Waals surface area contributed by atoms with Gasteiger partial charge in [0, 0.05) is 32.8 Å². The first-order valence-corrected chi connectivity index (χ1v) is 10.1. The quantitative estimate of drug-likeness (QED) is 0.492. The van der Waals surface area contributed by atoms with Crippen LogP contribution in [0.4, 0.5) is 0 Å². The lowest BCUT2D eigenvalue weighted by Gasteiger charge is -2.11. The minimum Gasteiger partial charge on any atom is -0.355 e. The van der Waals surface area contributed by atoms with Crippen LogP contribution in [0, 0.1) is 0 Å². The predicted molar refractivity (Wildman–Crippen MR) is 95.8 cm³/mol. The third-order valence-corrected chi connectivity index (χ3v) is 6.11. The molecule has 0 saturated carbocycles. The molecular weight excluding hydrogens is 362 g/mol. The van der Waals surface area contributed by atoms with Gasteiger partial charge in [-0.05, 0) is 24.1 Å². The molecule has 2 aromatic rings. The minimum atomic E-state index is -3.42. The highest BCUT2D eigenvalue weighted by atomic mass is 32.2. The van der Waals surface area contributed by atoms with E-state index in [9.17, 15) is 13.2 Å². The molecule has 0 spiro atoms. The Kier molecular flexibility index (Phi) is 6.97. The molecular formula is C15H21N5O3S2. The van der Waals surface area contributed by atoms with Crippen molar-refractivity contribution in [1.29, 1.82) is 0 Å². The summed E-state index contributed by atoms with van der Waals surface area (Å²) in [5, 5.41) is 10.0. The lowest BCUT2D eigenvalue weighted by atomic mass is 10.1. The standard InChI is InChI=1S/C15H21N5O3S2/c1-20(2)25(22,23)13-6-3-12(4-7-13)5-8-14(21)16-9-10-24-15-17-11-18-19-15/h3-4,6-7,11H,5,8-10H2,1-2H3,(H,16,21)(H,17,18,19). The molecule has 1 aromatic carbocycles. The maximum atomic E-state index is 12.0. The van der Waals surface area contributed by atoms with Gasteiger partial charge in [0.15, 0.2) is 5.16 Å². The highest BCUT2D eigenvalue weighted by Crippen LogP contribution is 2.15. The molecule has 0 atom stereocenters. The van der Waals surface area contributed by atoms with E-state index in [-0.39, 0.29) is 10.8 Å². The lowest BCUT2D eigenvalue weighted by molar-refractivity contribution is -0.120. The maximum Gasteiger partial charge on any atom is 0.242 e. The number of carbonyl (C=O) groups is 1. The molecule has 1 amide bonds. The first kappa shape index (κ1) is 19.4. The SMILES string of the molecule is CN(C)S(=O)(=O)c1ccc(CCC(=O)NCCSc2ncn[nH]2)cc1. The molecule has 0 saturated heterocycles. The Morgan fingerprint density at radius 3 is 2.60 bits per heavy atom. The van der Waals surface area contributed by atoms with Crippen LogP contribution >= 0.6 is 11.8 Å². The van der Waals surface area contributed by atoms with Gasteiger partial charge < -0.3 is 5.32 Å². The Hall–Kier alpha value is -1.91. The van der Waals surface area contributed by atoms with E-state index in [4.69, 9.17) is 0 Å². The number of rotatable bonds is 9. The largest absolute Gasteiger partial charge is 0.355 e. The summed E-state index contributed by atoms with van der Waals surface area (Å²) in [4.78, 5) is 16.1. The Balaban J connectivity index is 1.72. The van der Waals surface area contributed by atoms with Gasteiger partial charge in [0.2, 0.25) is 15.9 Å². The number of thioether (sulfide) groups is 1. The number of carbonyl (C=O) groups excluding carboxylic acids is 1. The second kappa shape index (κ2) is 8.97. The van der Waals surface area contributed by atoms with Gasteiger partial charge in [-0.15, -0.1) is 0 Å². The number of aromatic amines is 1. The fraction of sp³-hybridized carbons (Fsp3) is 0.400. The van der Waals surface area contributed by atoms with Crippen molar-refractivity contribution in [3.63, 3.8) is 0 Å². The molecule has 0 fully saturated rings. The minimum absolute atomic E-state index is 0.0387. The van der Waals surface area contributed by atoms with Gasteiger partial charge in [0.25, 0.3) is 0 Å². The second-order valence-corrected chi connectivity index (χ2v) is 8.66. The Morgan fingerprint density at radius 2 is 2.00 bits per heavy atom. The van der Waals surface area contributed by atoms with Gasteiger partial charge in [-0.2, -0.15) is 5.10 Å². The van der Waals surface area contributed by atoms with Crippen molar-refractivity contribution < 1.29 is 13.2 Å². The molecule has 0 aliphatic carbocycles. The monoisotopic (exact) mass is 383 g/mol. The first-order valence-electron chi connectivity index (χ1n) is 7.66. The van der Waals surface area contributed by atoms with Crippen molar-refractivity contribution in [2.75, 3.05) is 26.4 Å². The molecule has 8 nitrogen and oxygen atoms in total. The smallest absolute Gasteiger partial charge is 0.242 e. The summed E-state index contributed by atoms with van der Waals surface area (Å²) in [6.45, 7) is 0.546. The third-order valence-electron chi connectivity index (χ3n) is 3.40. The van der Waals surface area contributed by atoms with Crippen molar-refractivity contribution in [3.05, 3.63) is 36.2 Å². The third kappa shape index (κ3) is 5.83. The molecule has 0 aliphatic rings. The summed E-state index contributed by atoms with van der Waals surface area (Å²) in [6, 6.07) is 6.61. The summed E-state index contributed by atoms with van der Waals surface area (Å²) in [7, 11) is -0.430.